The Labute approximate surface area is 112 Å². The van der Waals surface area contributed by atoms with Gasteiger partial charge in [-0.3, -0.25) is 0 Å². The first-order valence-corrected chi connectivity index (χ1v) is 7.16. The SMILES string of the molecule is CC(NCC1(C)CCC1)c1ccc(I)cc1. The summed E-state index contributed by atoms with van der Waals surface area (Å²) >= 11 is 2.35. The summed E-state index contributed by atoms with van der Waals surface area (Å²) in [4.78, 5) is 0. The number of benzene rings is 1. The Kier molecular flexibility index (Phi) is 3.90. The van der Waals surface area contributed by atoms with Crippen molar-refractivity contribution in [2.75, 3.05) is 6.54 Å². The largest absolute Gasteiger partial charge is 0.310 e. The van der Waals surface area contributed by atoms with Crippen molar-refractivity contribution >= 4 is 22.6 Å². The third-order valence-corrected chi connectivity index (χ3v) is 4.48. The highest BCUT2D eigenvalue weighted by Gasteiger charge is 2.31. The Morgan fingerprint density at radius 1 is 1.31 bits per heavy atom. The van der Waals surface area contributed by atoms with Crippen LogP contribution in [0.1, 0.15) is 44.7 Å². The van der Waals surface area contributed by atoms with Crippen LogP contribution in [0.25, 0.3) is 0 Å². The molecule has 1 fully saturated rings. The molecular formula is C14H20IN. The number of nitrogens with one attached hydrogen (secondary N) is 1. The van der Waals surface area contributed by atoms with Crippen LogP contribution in [0.5, 0.6) is 0 Å². The van der Waals surface area contributed by atoms with E-state index in [1.165, 1.54) is 28.4 Å². The molecule has 0 heterocycles. The van der Waals surface area contributed by atoms with E-state index < -0.39 is 0 Å². The van der Waals surface area contributed by atoms with Crippen LogP contribution in [0.2, 0.25) is 0 Å². The van der Waals surface area contributed by atoms with E-state index in [9.17, 15) is 0 Å². The Balaban J connectivity index is 1.87. The summed E-state index contributed by atoms with van der Waals surface area (Å²) in [7, 11) is 0. The molecule has 88 valence electrons. The summed E-state index contributed by atoms with van der Waals surface area (Å²) in [5.41, 5.74) is 1.96. The van der Waals surface area contributed by atoms with Crippen LogP contribution in [0, 0.1) is 8.99 Å². The Morgan fingerprint density at radius 3 is 2.44 bits per heavy atom. The maximum Gasteiger partial charge on any atom is 0.0292 e. The summed E-state index contributed by atoms with van der Waals surface area (Å²) in [6.45, 7) is 5.80. The lowest BCUT2D eigenvalue weighted by Crippen LogP contribution is -2.38. The van der Waals surface area contributed by atoms with Crippen LogP contribution in [-0.2, 0) is 0 Å². The highest BCUT2D eigenvalue weighted by atomic mass is 127. The monoisotopic (exact) mass is 329 g/mol. The second-order valence-corrected chi connectivity index (χ2v) is 6.56. The summed E-state index contributed by atoms with van der Waals surface area (Å²) < 4.78 is 1.31. The summed E-state index contributed by atoms with van der Waals surface area (Å²) in [5.74, 6) is 0. The van der Waals surface area contributed by atoms with Gasteiger partial charge in [-0.25, -0.2) is 0 Å². The van der Waals surface area contributed by atoms with Gasteiger partial charge >= 0.3 is 0 Å². The van der Waals surface area contributed by atoms with Crippen LogP contribution >= 0.6 is 22.6 Å². The lowest BCUT2D eigenvalue weighted by atomic mass is 9.70. The normalized spacial score (nSPS) is 20.2. The van der Waals surface area contributed by atoms with Crippen LogP contribution < -0.4 is 5.32 Å². The van der Waals surface area contributed by atoms with Gasteiger partial charge in [0.1, 0.15) is 0 Å². The predicted molar refractivity (Wildman–Crippen MR) is 77.5 cm³/mol. The van der Waals surface area contributed by atoms with E-state index in [0.717, 1.165) is 6.54 Å². The van der Waals surface area contributed by atoms with Gasteiger partial charge in [-0.05, 0) is 65.5 Å². The molecule has 0 spiro atoms. The van der Waals surface area contributed by atoms with Crippen molar-refractivity contribution in [1.29, 1.82) is 0 Å². The average Bonchev–Trinajstić information content (AvgIpc) is 2.24. The van der Waals surface area contributed by atoms with E-state index in [1.807, 2.05) is 0 Å². The third kappa shape index (κ3) is 2.98. The van der Waals surface area contributed by atoms with Gasteiger partial charge in [-0.15, -0.1) is 0 Å². The molecule has 1 atom stereocenters. The summed E-state index contributed by atoms with van der Waals surface area (Å²) in [5, 5.41) is 3.66. The third-order valence-electron chi connectivity index (χ3n) is 3.77. The van der Waals surface area contributed by atoms with E-state index >= 15 is 0 Å². The van der Waals surface area contributed by atoms with Crippen LogP contribution in [-0.4, -0.2) is 6.54 Å². The molecule has 0 bridgehead atoms. The first kappa shape index (κ1) is 12.4. The molecule has 2 heteroatoms. The number of hydrogen-bond donors (Lipinski definition) is 1. The molecule has 0 radical (unpaired) electrons. The number of halogens is 1. The van der Waals surface area contributed by atoms with Crippen LogP contribution in [0.3, 0.4) is 0 Å². The van der Waals surface area contributed by atoms with Gasteiger partial charge in [0.25, 0.3) is 0 Å². The fraction of sp³-hybridized carbons (Fsp3) is 0.571. The van der Waals surface area contributed by atoms with Crippen molar-refractivity contribution in [1.82, 2.24) is 5.32 Å². The first-order valence-electron chi connectivity index (χ1n) is 6.08. The summed E-state index contributed by atoms with van der Waals surface area (Å²) in [6.07, 6.45) is 4.19. The van der Waals surface area contributed by atoms with Crippen molar-refractivity contribution in [2.24, 2.45) is 5.41 Å². The lowest BCUT2D eigenvalue weighted by molar-refractivity contribution is 0.152. The molecule has 1 N–H and O–H groups in total. The second-order valence-electron chi connectivity index (χ2n) is 5.32. The van der Waals surface area contributed by atoms with Gasteiger partial charge in [0.05, 0.1) is 0 Å². The molecule has 0 aromatic heterocycles. The van der Waals surface area contributed by atoms with E-state index in [-0.39, 0.29) is 0 Å². The standard InChI is InChI=1S/C14H20IN/c1-11(12-4-6-13(15)7-5-12)16-10-14(2)8-3-9-14/h4-7,11,16H,3,8-10H2,1-2H3. The average molecular weight is 329 g/mol. The molecule has 1 aromatic rings. The smallest absolute Gasteiger partial charge is 0.0292 e. The fourth-order valence-electron chi connectivity index (χ4n) is 2.23. The molecule has 1 nitrogen and oxygen atoms in total. The van der Waals surface area contributed by atoms with Crippen molar-refractivity contribution in [3.8, 4) is 0 Å². The minimum atomic E-state index is 0.467. The zero-order valence-corrected chi connectivity index (χ0v) is 12.3. The van der Waals surface area contributed by atoms with Crippen molar-refractivity contribution in [2.45, 2.75) is 39.2 Å². The zero-order valence-electron chi connectivity index (χ0n) is 10.1. The Bertz CT molecular complexity index is 340. The molecule has 1 aliphatic carbocycles. The van der Waals surface area contributed by atoms with Crippen LogP contribution in [0.15, 0.2) is 24.3 Å². The number of hydrogen-bond acceptors (Lipinski definition) is 1. The molecular weight excluding hydrogens is 309 g/mol. The zero-order chi connectivity index (χ0) is 11.6. The van der Waals surface area contributed by atoms with E-state index in [1.54, 1.807) is 0 Å². The predicted octanol–water partition coefficient (Wildman–Crippen LogP) is 4.13. The molecule has 0 amide bonds. The van der Waals surface area contributed by atoms with E-state index in [2.05, 4.69) is 66.0 Å². The minimum Gasteiger partial charge on any atom is -0.310 e. The molecule has 1 aliphatic rings. The van der Waals surface area contributed by atoms with E-state index in [0.29, 0.717) is 11.5 Å². The minimum absolute atomic E-state index is 0.467. The highest BCUT2D eigenvalue weighted by molar-refractivity contribution is 14.1. The maximum absolute atomic E-state index is 3.66. The topological polar surface area (TPSA) is 12.0 Å². The van der Waals surface area contributed by atoms with Gasteiger partial charge in [-0.2, -0.15) is 0 Å². The fourth-order valence-corrected chi connectivity index (χ4v) is 2.59. The van der Waals surface area contributed by atoms with Crippen molar-refractivity contribution in [3.63, 3.8) is 0 Å². The highest BCUT2D eigenvalue weighted by Crippen LogP contribution is 2.39. The quantitative estimate of drug-likeness (QED) is 0.819. The lowest BCUT2D eigenvalue weighted by Gasteiger charge is -2.39. The molecule has 1 aromatic carbocycles. The first-order chi connectivity index (χ1) is 7.59. The molecule has 16 heavy (non-hydrogen) atoms. The Hall–Kier alpha value is -0.0900. The second kappa shape index (κ2) is 5.05. The molecule has 1 saturated carbocycles. The van der Waals surface area contributed by atoms with Gasteiger partial charge in [0.15, 0.2) is 0 Å². The van der Waals surface area contributed by atoms with Crippen molar-refractivity contribution < 1.29 is 0 Å². The number of rotatable bonds is 4. The van der Waals surface area contributed by atoms with Gasteiger partial charge in [0.2, 0.25) is 0 Å². The molecule has 1 unspecified atom stereocenters. The van der Waals surface area contributed by atoms with E-state index in [4.69, 9.17) is 0 Å². The van der Waals surface area contributed by atoms with Gasteiger partial charge in [-0.1, -0.05) is 25.5 Å². The Morgan fingerprint density at radius 2 is 1.94 bits per heavy atom. The molecule has 0 saturated heterocycles. The molecule has 0 aliphatic heterocycles. The maximum atomic E-state index is 3.66. The van der Waals surface area contributed by atoms with Crippen molar-refractivity contribution in [3.05, 3.63) is 33.4 Å². The van der Waals surface area contributed by atoms with Gasteiger partial charge < -0.3 is 5.32 Å². The summed E-state index contributed by atoms with van der Waals surface area (Å²) in [6, 6.07) is 9.28. The molecule has 2 rings (SSSR count). The van der Waals surface area contributed by atoms with Crippen LogP contribution in [0.4, 0.5) is 0 Å². The van der Waals surface area contributed by atoms with Gasteiger partial charge in [0, 0.05) is 16.2 Å².